The summed E-state index contributed by atoms with van der Waals surface area (Å²) in [4.78, 5) is 12.9. The highest BCUT2D eigenvalue weighted by Crippen LogP contribution is 2.47. The van der Waals surface area contributed by atoms with Crippen molar-refractivity contribution in [2.75, 3.05) is 4.90 Å². The standard InChI is InChI=1S/C48H34N4/c1-3-13-33(14-4-1)34-23-25-37(26-24-34)44-32-38(31-43(49-44)36-15-5-2-6-16-36)35-27-29-39(30-28-35)51-45-20-10-7-17-40(45)41-18-8-11-21-46(41)52-47-22-12-9-19-42(47)50-48(51)52/h1-30,32,43H,31H2. The van der Waals surface area contributed by atoms with Gasteiger partial charge in [-0.25, -0.2) is 4.98 Å². The van der Waals surface area contributed by atoms with Crippen LogP contribution in [0.2, 0.25) is 0 Å². The van der Waals surface area contributed by atoms with Crippen molar-refractivity contribution >= 4 is 39.6 Å². The minimum Gasteiger partial charge on any atom is -0.280 e. The number of benzene rings is 7. The molecule has 0 amide bonds. The number of imidazole rings is 1. The second-order valence-corrected chi connectivity index (χ2v) is 13.4. The molecule has 1 aromatic heterocycles. The molecule has 4 nitrogen and oxygen atoms in total. The summed E-state index contributed by atoms with van der Waals surface area (Å²) in [5.41, 5.74) is 15.9. The smallest absolute Gasteiger partial charge is 0.220 e. The van der Waals surface area contributed by atoms with E-state index in [-0.39, 0.29) is 6.04 Å². The van der Waals surface area contributed by atoms with Gasteiger partial charge in [0.05, 0.1) is 34.2 Å². The number of allylic oxidation sites excluding steroid dienone is 1. The van der Waals surface area contributed by atoms with Gasteiger partial charge in [-0.2, -0.15) is 0 Å². The Morgan fingerprint density at radius 2 is 1.06 bits per heavy atom. The first kappa shape index (κ1) is 30.1. The number of nitrogens with zero attached hydrogens (tertiary/aromatic N) is 4. The molecule has 7 aromatic carbocycles. The lowest BCUT2D eigenvalue weighted by molar-refractivity contribution is 0.748. The first-order chi connectivity index (χ1) is 25.8. The molecule has 3 heterocycles. The van der Waals surface area contributed by atoms with Crippen LogP contribution in [0.4, 0.5) is 17.3 Å². The van der Waals surface area contributed by atoms with Gasteiger partial charge >= 0.3 is 0 Å². The van der Waals surface area contributed by atoms with Crippen LogP contribution < -0.4 is 4.90 Å². The maximum Gasteiger partial charge on any atom is 0.220 e. The maximum absolute atomic E-state index is 5.31. The summed E-state index contributed by atoms with van der Waals surface area (Å²) in [6, 6.07) is 64.7. The molecule has 0 saturated carbocycles. The summed E-state index contributed by atoms with van der Waals surface area (Å²) in [5, 5.41) is 0. The summed E-state index contributed by atoms with van der Waals surface area (Å²) < 4.78 is 2.30. The fraction of sp³-hybridized carbons (Fsp3) is 0.0417. The lowest BCUT2D eigenvalue weighted by Gasteiger charge is -2.25. The normalized spacial score (nSPS) is 14.8. The summed E-state index contributed by atoms with van der Waals surface area (Å²) >= 11 is 0. The van der Waals surface area contributed by atoms with Crippen molar-refractivity contribution in [3.05, 3.63) is 205 Å². The molecule has 8 aromatic rings. The van der Waals surface area contributed by atoms with E-state index < -0.39 is 0 Å². The largest absolute Gasteiger partial charge is 0.280 e. The van der Waals surface area contributed by atoms with Crippen LogP contribution in [0.5, 0.6) is 0 Å². The quantitative estimate of drug-likeness (QED) is 0.183. The fourth-order valence-electron chi connectivity index (χ4n) is 7.75. The van der Waals surface area contributed by atoms with Crippen LogP contribution in [-0.4, -0.2) is 15.3 Å². The molecule has 0 spiro atoms. The molecular formula is C48H34N4. The predicted octanol–water partition coefficient (Wildman–Crippen LogP) is 12.2. The summed E-state index contributed by atoms with van der Waals surface area (Å²) in [6.07, 6.45) is 3.11. The monoisotopic (exact) mass is 666 g/mol. The molecule has 1 unspecified atom stereocenters. The zero-order chi connectivity index (χ0) is 34.4. The van der Waals surface area contributed by atoms with Crippen LogP contribution in [0.1, 0.15) is 29.2 Å². The van der Waals surface area contributed by atoms with Crippen molar-refractivity contribution in [2.24, 2.45) is 4.99 Å². The third kappa shape index (κ3) is 5.16. The lowest BCUT2D eigenvalue weighted by atomic mass is 9.89. The molecule has 0 aliphatic carbocycles. The highest BCUT2D eigenvalue weighted by Gasteiger charge is 2.29. The maximum atomic E-state index is 5.31. The Kier molecular flexibility index (Phi) is 7.24. The van der Waals surface area contributed by atoms with Gasteiger partial charge < -0.3 is 0 Å². The Morgan fingerprint density at radius 1 is 0.481 bits per heavy atom. The van der Waals surface area contributed by atoms with Gasteiger partial charge in [-0.1, -0.05) is 146 Å². The Bertz CT molecular complexity index is 2630. The molecule has 0 N–H and O–H groups in total. The van der Waals surface area contributed by atoms with Gasteiger partial charge in [0.15, 0.2) is 0 Å². The topological polar surface area (TPSA) is 33.4 Å². The van der Waals surface area contributed by atoms with Crippen LogP contribution in [0.15, 0.2) is 193 Å². The van der Waals surface area contributed by atoms with Gasteiger partial charge in [-0.15, -0.1) is 0 Å². The second-order valence-electron chi connectivity index (χ2n) is 13.4. The highest BCUT2D eigenvalue weighted by atomic mass is 15.3. The van der Waals surface area contributed by atoms with E-state index >= 15 is 0 Å². The van der Waals surface area contributed by atoms with Crippen LogP contribution in [0.25, 0.3) is 44.5 Å². The van der Waals surface area contributed by atoms with Crippen molar-refractivity contribution in [3.63, 3.8) is 0 Å². The number of rotatable bonds is 5. The molecule has 0 radical (unpaired) electrons. The molecule has 2 aliphatic rings. The van der Waals surface area contributed by atoms with Crippen LogP contribution in [-0.2, 0) is 0 Å². The molecule has 246 valence electrons. The first-order valence-corrected chi connectivity index (χ1v) is 17.8. The van der Waals surface area contributed by atoms with E-state index in [1.165, 1.54) is 39.0 Å². The zero-order valence-electron chi connectivity index (χ0n) is 28.5. The number of para-hydroxylation sites is 4. The summed E-state index contributed by atoms with van der Waals surface area (Å²) in [6.45, 7) is 0. The van der Waals surface area contributed by atoms with Crippen LogP contribution in [0.3, 0.4) is 0 Å². The van der Waals surface area contributed by atoms with Gasteiger partial charge in [-0.3, -0.25) is 14.5 Å². The Morgan fingerprint density at radius 3 is 1.83 bits per heavy atom. The van der Waals surface area contributed by atoms with Crippen molar-refractivity contribution in [3.8, 4) is 27.9 Å². The minimum absolute atomic E-state index is 0.0283. The second kappa shape index (κ2) is 12.5. The lowest BCUT2D eigenvalue weighted by Crippen LogP contribution is -2.14. The average Bonchev–Trinajstić information content (AvgIpc) is 3.55. The van der Waals surface area contributed by atoms with Crippen molar-refractivity contribution < 1.29 is 0 Å². The number of dihydropyridines is 1. The molecule has 0 saturated heterocycles. The predicted molar refractivity (Wildman–Crippen MR) is 215 cm³/mol. The third-order valence-electron chi connectivity index (χ3n) is 10.3. The van der Waals surface area contributed by atoms with Gasteiger partial charge in [-0.05, 0) is 82.3 Å². The number of fused-ring (bicyclic) bond motifs is 7. The van der Waals surface area contributed by atoms with E-state index in [0.717, 1.165) is 51.7 Å². The third-order valence-corrected chi connectivity index (χ3v) is 10.3. The number of anilines is 3. The molecule has 52 heavy (non-hydrogen) atoms. The van der Waals surface area contributed by atoms with E-state index in [9.17, 15) is 0 Å². The molecule has 2 aliphatic heterocycles. The molecule has 1 atom stereocenters. The van der Waals surface area contributed by atoms with E-state index in [4.69, 9.17) is 9.98 Å². The fourth-order valence-corrected chi connectivity index (χ4v) is 7.75. The van der Waals surface area contributed by atoms with Gasteiger partial charge in [0, 0.05) is 16.8 Å². The van der Waals surface area contributed by atoms with E-state index in [1.807, 2.05) is 0 Å². The zero-order valence-corrected chi connectivity index (χ0v) is 28.5. The van der Waals surface area contributed by atoms with Crippen LogP contribution in [0, 0.1) is 0 Å². The highest BCUT2D eigenvalue weighted by molar-refractivity contribution is 6.13. The number of hydrogen-bond donors (Lipinski definition) is 0. The molecule has 4 heteroatoms. The average molecular weight is 667 g/mol. The molecule has 10 rings (SSSR count). The number of aromatic nitrogens is 2. The minimum atomic E-state index is 0.0283. The van der Waals surface area contributed by atoms with E-state index in [1.54, 1.807) is 0 Å². The van der Waals surface area contributed by atoms with E-state index in [0.29, 0.717) is 0 Å². The van der Waals surface area contributed by atoms with Crippen LogP contribution >= 0.6 is 0 Å². The number of hydrogen-bond acceptors (Lipinski definition) is 3. The SMILES string of the molecule is C1=C(c2ccc(N3c4ccccc4-c4ccccc4-n4c3nc3ccccc34)cc2)CC(c2ccccc2)N=C1c1ccc(-c2ccccc2)cc1. The Labute approximate surface area is 303 Å². The van der Waals surface area contributed by atoms with Crippen molar-refractivity contribution in [2.45, 2.75) is 12.5 Å². The van der Waals surface area contributed by atoms with Gasteiger partial charge in [0.25, 0.3) is 0 Å². The van der Waals surface area contributed by atoms with Crippen molar-refractivity contribution in [1.82, 2.24) is 9.55 Å². The molecular weight excluding hydrogens is 633 g/mol. The molecule has 0 fully saturated rings. The Hall–Kier alpha value is -6.78. The number of aliphatic imine (C=N–C) groups is 1. The van der Waals surface area contributed by atoms with Crippen molar-refractivity contribution in [1.29, 1.82) is 0 Å². The Balaban J connectivity index is 1.07. The van der Waals surface area contributed by atoms with Gasteiger partial charge in [0.1, 0.15) is 0 Å². The molecule has 0 bridgehead atoms. The summed E-state index contributed by atoms with van der Waals surface area (Å²) in [7, 11) is 0. The summed E-state index contributed by atoms with van der Waals surface area (Å²) in [5.74, 6) is 0.876. The van der Waals surface area contributed by atoms with Gasteiger partial charge in [0.2, 0.25) is 5.95 Å². The van der Waals surface area contributed by atoms with E-state index in [2.05, 4.69) is 198 Å². The first-order valence-electron chi connectivity index (χ1n) is 17.8.